The van der Waals surface area contributed by atoms with Crippen molar-refractivity contribution in [1.29, 1.82) is 0 Å². The van der Waals surface area contributed by atoms with E-state index in [4.69, 9.17) is 23.7 Å². The number of hydrogen-bond acceptors (Lipinski definition) is 15. The summed E-state index contributed by atoms with van der Waals surface area (Å²) >= 11 is 0. The van der Waals surface area contributed by atoms with Crippen LogP contribution in [0.5, 0.6) is 0 Å². The van der Waals surface area contributed by atoms with Crippen molar-refractivity contribution >= 4 is 35.2 Å². The van der Waals surface area contributed by atoms with Gasteiger partial charge in [0.2, 0.25) is 5.79 Å². The molecular weight excluding hydrogens is 903 g/mol. The summed E-state index contributed by atoms with van der Waals surface area (Å²) in [5.74, 6) is -8.99. The number of carbonyl (C=O) groups excluding carboxylic acids is 6. The first kappa shape index (κ1) is 58.7. The molecule has 0 radical (unpaired) electrons. The van der Waals surface area contributed by atoms with Crippen LogP contribution in [0, 0.1) is 35.0 Å². The van der Waals surface area contributed by atoms with Gasteiger partial charge in [0.25, 0.3) is 11.7 Å². The van der Waals surface area contributed by atoms with E-state index in [2.05, 4.69) is 0 Å². The first-order valence-corrected chi connectivity index (χ1v) is 25.5. The number of esters is 2. The third-order valence-corrected chi connectivity index (χ3v) is 15.3. The smallest absolute Gasteiger partial charge is 0.329 e. The maximum atomic E-state index is 14.5. The van der Waals surface area contributed by atoms with E-state index in [-0.39, 0.29) is 42.4 Å². The standard InChI is InChI=1S/C54H83NO15/c1-33-17-13-11-10-12-14-18-34(2)46(59)48(67-9)47(60)37(5)27-35(3)42(58)30-44(36(4)28-39-22-25-43(45(29-39)66-8)69-52(64)53(7,31-56)32-57)68-51(63)41-19-15-16-26-55(41)50(62)49(61)54(65)38(6)21-24-40(70-54)23-20-33/h10-13,17,27,34,36-41,43-45,47-48,56-57,60,65H,14-16,18-26,28-32H2,1-9H3/b12-10?,13-11?,33-17?,35-27-. The molecule has 0 spiro atoms. The Morgan fingerprint density at radius 1 is 0.914 bits per heavy atom. The van der Waals surface area contributed by atoms with Gasteiger partial charge in [-0.05, 0) is 122 Å². The molecule has 3 fully saturated rings. The van der Waals surface area contributed by atoms with E-state index in [9.17, 15) is 49.2 Å². The van der Waals surface area contributed by atoms with E-state index in [0.29, 0.717) is 77.0 Å². The van der Waals surface area contributed by atoms with Crippen molar-refractivity contribution in [3.63, 3.8) is 0 Å². The molecule has 3 aliphatic heterocycles. The Balaban J connectivity index is 1.66. The van der Waals surface area contributed by atoms with Crippen LogP contribution in [0.1, 0.15) is 138 Å². The fraction of sp³-hybridized carbons (Fsp3) is 0.741. The number of methoxy groups -OCH3 is 2. The number of nitrogens with zero attached hydrogens (tertiary/aromatic N) is 1. The Hall–Kier alpha value is -3.90. The van der Waals surface area contributed by atoms with E-state index in [1.165, 1.54) is 26.0 Å². The minimum absolute atomic E-state index is 0.0293. The van der Waals surface area contributed by atoms with Crippen LogP contribution in [0.3, 0.4) is 0 Å². The molecular formula is C54H83NO15. The topological polar surface area (TPSA) is 233 Å². The van der Waals surface area contributed by atoms with Crippen LogP contribution in [0.4, 0.5) is 0 Å². The number of amides is 1. The lowest BCUT2D eigenvalue weighted by molar-refractivity contribution is -0.263. The summed E-state index contributed by atoms with van der Waals surface area (Å²) in [6.45, 7) is 10.9. The fourth-order valence-corrected chi connectivity index (χ4v) is 10.1. The van der Waals surface area contributed by atoms with Gasteiger partial charge in [-0.15, -0.1) is 0 Å². The lowest BCUT2D eigenvalue weighted by Crippen LogP contribution is -2.60. The molecule has 16 nitrogen and oxygen atoms in total. The van der Waals surface area contributed by atoms with E-state index < -0.39 is 114 Å². The molecule has 2 bridgehead atoms. The largest absolute Gasteiger partial charge is 0.460 e. The molecule has 13 atom stereocenters. The van der Waals surface area contributed by atoms with Crippen molar-refractivity contribution in [2.75, 3.05) is 34.0 Å². The summed E-state index contributed by atoms with van der Waals surface area (Å²) in [6.07, 6.45) is 12.3. The highest BCUT2D eigenvalue weighted by Gasteiger charge is 2.53. The molecule has 1 aliphatic carbocycles. The second-order valence-electron chi connectivity index (χ2n) is 20.9. The highest BCUT2D eigenvalue weighted by molar-refractivity contribution is 6.39. The first-order valence-electron chi connectivity index (χ1n) is 25.5. The van der Waals surface area contributed by atoms with Gasteiger partial charge >= 0.3 is 11.9 Å². The Morgan fingerprint density at radius 3 is 2.30 bits per heavy atom. The predicted octanol–water partition coefficient (Wildman–Crippen LogP) is 5.85. The number of rotatable bonds is 9. The summed E-state index contributed by atoms with van der Waals surface area (Å²) in [5, 5.41) is 42.8. The van der Waals surface area contributed by atoms with Gasteiger partial charge in [0.1, 0.15) is 29.8 Å². The third-order valence-electron chi connectivity index (χ3n) is 15.3. The quantitative estimate of drug-likeness (QED) is 0.157. The van der Waals surface area contributed by atoms with Crippen LogP contribution >= 0.6 is 0 Å². The van der Waals surface area contributed by atoms with Crippen molar-refractivity contribution in [2.24, 2.45) is 35.0 Å². The summed E-state index contributed by atoms with van der Waals surface area (Å²) in [4.78, 5) is 84.8. The zero-order valence-corrected chi connectivity index (χ0v) is 43.1. The van der Waals surface area contributed by atoms with Gasteiger partial charge in [0, 0.05) is 44.9 Å². The average Bonchev–Trinajstić information content (AvgIpc) is 3.35. The summed E-state index contributed by atoms with van der Waals surface area (Å²) in [6, 6.07) is -1.18. The lowest BCUT2D eigenvalue weighted by Gasteiger charge is -2.42. The number of allylic oxidation sites excluding steroid dienone is 7. The molecule has 2 saturated heterocycles. The first-order chi connectivity index (χ1) is 33.1. The van der Waals surface area contributed by atoms with Gasteiger partial charge in [-0.2, -0.15) is 0 Å². The normalized spacial score (nSPS) is 34.7. The van der Waals surface area contributed by atoms with Crippen LogP contribution in [0.2, 0.25) is 0 Å². The summed E-state index contributed by atoms with van der Waals surface area (Å²) < 4.78 is 29.5. The maximum absolute atomic E-state index is 14.5. The van der Waals surface area contributed by atoms with E-state index in [0.717, 1.165) is 5.57 Å². The van der Waals surface area contributed by atoms with E-state index >= 15 is 0 Å². The number of carbonyl (C=O) groups is 6. The number of hydrogen-bond donors (Lipinski definition) is 4. The lowest BCUT2D eigenvalue weighted by atomic mass is 9.78. The minimum Gasteiger partial charge on any atom is -0.460 e. The van der Waals surface area contributed by atoms with Crippen LogP contribution < -0.4 is 0 Å². The number of aliphatic hydroxyl groups excluding tert-OH is 3. The molecule has 13 unspecified atom stereocenters. The average molecular weight is 986 g/mol. The highest BCUT2D eigenvalue weighted by Crippen LogP contribution is 2.38. The molecule has 4 N–H and O–H groups in total. The molecule has 1 saturated carbocycles. The van der Waals surface area contributed by atoms with Gasteiger partial charge in [-0.3, -0.25) is 24.0 Å². The van der Waals surface area contributed by atoms with Crippen LogP contribution in [0.15, 0.2) is 47.6 Å². The Morgan fingerprint density at radius 2 is 1.63 bits per heavy atom. The van der Waals surface area contributed by atoms with E-state index in [1.807, 2.05) is 44.2 Å². The van der Waals surface area contributed by atoms with Gasteiger partial charge in [0.15, 0.2) is 11.6 Å². The number of Topliss-reactive ketones (excluding diaryl/α,β-unsaturated/α-hetero) is 3. The van der Waals surface area contributed by atoms with Crippen molar-refractivity contribution in [2.45, 2.75) is 187 Å². The fourth-order valence-electron chi connectivity index (χ4n) is 10.1. The molecule has 16 heteroatoms. The molecule has 4 rings (SSSR count). The van der Waals surface area contributed by atoms with Crippen LogP contribution in [0.25, 0.3) is 0 Å². The number of ketones is 3. The Bertz CT molecular complexity index is 1920. The van der Waals surface area contributed by atoms with Crippen molar-refractivity contribution in [1.82, 2.24) is 4.90 Å². The zero-order valence-electron chi connectivity index (χ0n) is 43.1. The predicted molar refractivity (Wildman–Crippen MR) is 261 cm³/mol. The monoisotopic (exact) mass is 986 g/mol. The molecule has 1 amide bonds. The van der Waals surface area contributed by atoms with Crippen molar-refractivity contribution in [3.8, 4) is 0 Å². The second kappa shape index (κ2) is 27.2. The number of aliphatic hydroxyl groups is 4. The minimum atomic E-state index is -2.40. The van der Waals surface area contributed by atoms with Gasteiger partial charge in [0.05, 0.1) is 31.5 Å². The SMILES string of the molecule is COC1CC(CC(C)C2CC(=O)/C(C)=C\C(C)C(O)C(OC)C(=O)C(C)CCC=CC=CC=C(C)CCC3CCC(C)C(O)(O3)C(=O)C(=O)N3CCCCC3C(=O)O2)CCC1OC(=O)C(C)(CO)CO. The molecule has 0 aromatic heterocycles. The van der Waals surface area contributed by atoms with Gasteiger partial charge in [-0.25, -0.2) is 4.79 Å². The van der Waals surface area contributed by atoms with Gasteiger partial charge < -0.3 is 49.0 Å². The number of ether oxygens (including phenoxy) is 5. The molecule has 0 aromatic rings. The number of piperidine rings is 1. The summed E-state index contributed by atoms with van der Waals surface area (Å²) in [7, 11) is 2.88. The third kappa shape index (κ3) is 15.3. The maximum Gasteiger partial charge on any atom is 0.329 e. The Kier molecular flexibility index (Phi) is 22.8. The zero-order chi connectivity index (χ0) is 51.9. The van der Waals surface area contributed by atoms with Crippen LogP contribution in [-0.2, 0) is 52.5 Å². The number of fused-ring (bicyclic) bond motifs is 3. The molecule has 394 valence electrons. The Labute approximate surface area is 415 Å². The van der Waals surface area contributed by atoms with Crippen molar-refractivity contribution in [3.05, 3.63) is 47.6 Å². The van der Waals surface area contributed by atoms with E-state index in [1.54, 1.807) is 33.8 Å². The van der Waals surface area contributed by atoms with Crippen LogP contribution in [-0.4, -0.2) is 143 Å². The molecule has 3 heterocycles. The second-order valence-corrected chi connectivity index (χ2v) is 20.9. The van der Waals surface area contributed by atoms with Gasteiger partial charge in [-0.1, -0.05) is 69.7 Å². The molecule has 70 heavy (non-hydrogen) atoms. The number of cyclic esters (lactones) is 1. The molecule has 0 aromatic carbocycles. The van der Waals surface area contributed by atoms with Crippen molar-refractivity contribution < 1.29 is 72.9 Å². The highest BCUT2D eigenvalue weighted by atomic mass is 16.6. The summed E-state index contributed by atoms with van der Waals surface area (Å²) in [5.41, 5.74) is -0.162. The molecule has 4 aliphatic rings.